The number of hydrogen-bond donors (Lipinski definition) is 2. The van der Waals surface area contributed by atoms with E-state index in [9.17, 15) is 18.0 Å². The number of benzene rings is 1. The molecule has 0 fully saturated rings. The van der Waals surface area contributed by atoms with Crippen molar-refractivity contribution in [3.8, 4) is 6.07 Å². The Balaban J connectivity index is 2.92. The second-order valence-electron chi connectivity index (χ2n) is 3.94. The van der Waals surface area contributed by atoms with Crippen LogP contribution in [0.1, 0.15) is 18.1 Å². The predicted octanol–water partition coefficient (Wildman–Crippen LogP) is 3.02. The molecule has 0 saturated heterocycles. The number of rotatable bonds is 4. The van der Waals surface area contributed by atoms with Gasteiger partial charge in [-0.15, -0.1) is 0 Å². The van der Waals surface area contributed by atoms with Crippen LogP contribution < -0.4 is 5.32 Å². The van der Waals surface area contributed by atoms with Gasteiger partial charge in [0.05, 0.1) is 17.2 Å². The molecule has 0 aliphatic carbocycles. The van der Waals surface area contributed by atoms with Gasteiger partial charge in [0, 0.05) is 17.8 Å². The first kappa shape index (κ1) is 15.6. The molecule has 7 heteroatoms. The molecule has 0 amide bonds. The van der Waals surface area contributed by atoms with Gasteiger partial charge < -0.3 is 10.4 Å². The van der Waals surface area contributed by atoms with Crippen LogP contribution in [-0.2, 0) is 11.0 Å². The van der Waals surface area contributed by atoms with E-state index in [1.54, 1.807) is 0 Å². The summed E-state index contributed by atoms with van der Waals surface area (Å²) in [7, 11) is 0. The average molecular weight is 284 g/mol. The van der Waals surface area contributed by atoms with Gasteiger partial charge in [0.1, 0.15) is 0 Å². The molecule has 0 radical (unpaired) electrons. The number of nitrogens with one attached hydrogen (secondary N) is 1. The molecule has 0 spiro atoms. The van der Waals surface area contributed by atoms with Crippen LogP contribution in [0.5, 0.6) is 0 Å². The summed E-state index contributed by atoms with van der Waals surface area (Å²) < 4.78 is 38.1. The Morgan fingerprint density at radius 1 is 1.50 bits per heavy atom. The zero-order valence-corrected chi connectivity index (χ0v) is 10.5. The molecule has 4 nitrogen and oxygen atoms in total. The molecule has 2 N–H and O–H groups in total. The minimum Gasteiger partial charge on any atom is -0.478 e. The van der Waals surface area contributed by atoms with Crippen LogP contribution >= 0.6 is 0 Å². The van der Waals surface area contributed by atoms with E-state index in [2.05, 4.69) is 5.32 Å². The summed E-state index contributed by atoms with van der Waals surface area (Å²) in [6.45, 7) is 1.45. The lowest BCUT2D eigenvalue weighted by Gasteiger charge is -2.11. The molecule has 106 valence electrons. The number of carboxylic acid groups (broad SMARTS) is 1. The Labute approximate surface area is 113 Å². The van der Waals surface area contributed by atoms with Crippen LogP contribution in [0.4, 0.5) is 18.9 Å². The third-order valence-corrected chi connectivity index (χ3v) is 2.50. The third kappa shape index (κ3) is 4.02. The fraction of sp³-hybridized carbons (Fsp3) is 0.231. The second-order valence-corrected chi connectivity index (χ2v) is 3.94. The molecular weight excluding hydrogens is 273 g/mol. The largest absolute Gasteiger partial charge is 0.478 e. The molecule has 0 atom stereocenters. The number of aliphatic carboxylic acids is 1. The molecule has 0 aliphatic rings. The van der Waals surface area contributed by atoms with Gasteiger partial charge in [0.15, 0.2) is 0 Å². The summed E-state index contributed by atoms with van der Waals surface area (Å²) in [5.41, 5.74) is -1.24. The Morgan fingerprint density at radius 3 is 2.65 bits per heavy atom. The molecule has 1 rings (SSSR count). The van der Waals surface area contributed by atoms with Crippen molar-refractivity contribution >= 4 is 11.7 Å². The van der Waals surface area contributed by atoms with Crippen LogP contribution in [0.15, 0.2) is 29.8 Å². The Hall–Kier alpha value is -2.49. The van der Waals surface area contributed by atoms with Gasteiger partial charge in [-0.05, 0) is 25.1 Å². The monoisotopic (exact) mass is 284 g/mol. The van der Waals surface area contributed by atoms with Gasteiger partial charge in [-0.1, -0.05) is 6.08 Å². The van der Waals surface area contributed by atoms with Crippen molar-refractivity contribution in [3.63, 3.8) is 0 Å². The van der Waals surface area contributed by atoms with E-state index in [0.29, 0.717) is 0 Å². The summed E-state index contributed by atoms with van der Waals surface area (Å²) in [4.78, 5) is 10.5. The van der Waals surface area contributed by atoms with Crippen LogP contribution in [-0.4, -0.2) is 17.6 Å². The molecule has 0 aliphatic heterocycles. The smallest absolute Gasteiger partial charge is 0.417 e. The topological polar surface area (TPSA) is 73.1 Å². The average Bonchev–Trinajstić information content (AvgIpc) is 2.37. The number of nitriles is 1. The Morgan fingerprint density at radius 2 is 2.15 bits per heavy atom. The number of carboxylic acids is 1. The van der Waals surface area contributed by atoms with Gasteiger partial charge in [-0.3, -0.25) is 0 Å². The SMILES string of the molecule is C/C(=C/CNc1ccc(C#N)c(C(F)(F)F)c1)C(=O)O. The first-order valence-corrected chi connectivity index (χ1v) is 5.51. The molecule has 0 heterocycles. The number of halogens is 3. The Kier molecular flexibility index (Phi) is 4.75. The summed E-state index contributed by atoms with van der Waals surface area (Å²) in [5.74, 6) is -1.09. The minimum atomic E-state index is -4.62. The van der Waals surface area contributed by atoms with Crippen molar-refractivity contribution < 1.29 is 23.1 Å². The molecule has 0 saturated carbocycles. The van der Waals surface area contributed by atoms with Crippen LogP contribution in [0.3, 0.4) is 0 Å². The molecule has 0 unspecified atom stereocenters. The molecular formula is C13H11F3N2O2. The first-order chi connectivity index (χ1) is 9.25. The van der Waals surface area contributed by atoms with E-state index < -0.39 is 23.3 Å². The maximum atomic E-state index is 12.7. The summed E-state index contributed by atoms with van der Waals surface area (Å²) >= 11 is 0. The van der Waals surface area contributed by atoms with Crippen molar-refractivity contribution in [3.05, 3.63) is 41.0 Å². The maximum Gasteiger partial charge on any atom is 0.417 e. The number of hydrogen-bond acceptors (Lipinski definition) is 3. The predicted molar refractivity (Wildman–Crippen MR) is 66.0 cm³/mol. The van der Waals surface area contributed by atoms with Gasteiger partial charge >= 0.3 is 12.1 Å². The van der Waals surface area contributed by atoms with Crippen LogP contribution in [0.25, 0.3) is 0 Å². The quantitative estimate of drug-likeness (QED) is 0.833. The standard InChI is InChI=1S/C13H11F3N2O2/c1-8(12(19)20)4-5-18-10-3-2-9(7-17)11(6-10)13(14,15)16/h2-4,6,18H,5H2,1H3,(H,19,20)/b8-4-. The van der Waals surface area contributed by atoms with Gasteiger partial charge in [-0.2, -0.15) is 18.4 Å². The second kappa shape index (κ2) is 6.10. The highest BCUT2D eigenvalue weighted by molar-refractivity contribution is 5.85. The number of carbonyl (C=O) groups is 1. The maximum absolute atomic E-state index is 12.7. The number of anilines is 1. The first-order valence-electron chi connectivity index (χ1n) is 5.51. The molecule has 1 aromatic carbocycles. The summed E-state index contributed by atoms with van der Waals surface area (Å²) in [5, 5.41) is 19.9. The summed E-state index contributed by atoms with van der Waals surface area (Å²) in [6.07, 6.45) is -3.27. The van der Waals surface area contributed by atoms with Crippen molar-refractivity contribution in [2.75, 3.05) is 11.9 Å². The minimum absolute atomic E-state index is 0.0708. The van der Waals surface area contributed by atoms with Gasteiger partial charge in [-0.25, -0.2) is 4.79 Å². The highest BCUT2D eigenvalue weighted by Crippen LogP contribution is 2.33. The summed E-state index contributed by atoms with van der Waals surface area (Å²) in [6, 6.07) is 4.70. The van der Waals surface area contributed by atoms with Gasteiger partial charge in [0.2, 0.25) is 0 Å². The lowest BCUT2D eigenvalue weighted by atomic mass is 10.1. The Bertz CT molecular complexity index is 586. The molecule has 20 heavy (non-hydrogen) atoms. The van der Waals surface area contributed by atoms with Crippen molar-refractivity contribution in [2.45, 2.75) is 13.1 Å². The van der Waals surface area contributed by atoms with E-state index in [1.165, 1.54) is 25.1 Å². The van der Waals surface area contributed by atoms with E-state index >= 15 is 0 Å². The normalized spacial score (nSPS) is 11.8. The van der Waals surface area contributed by atoms with E-state index in [0.717, 1.165) is 12.1 Å². The number of alkyl halides is 3. The highest BCUT2D eigenvalue weighted by Gasteiger charge is 2.33. The zero-order chi connectivity index (χ0) is 15.3. The molecule has 0 bridgehead atoms. The van der Waals surface area contributed by atoms with Crippen LogP contribution in [0, 0.1) is 11.3 Å². The lowest BCUT2D eigenvalue weighted by molar-refractivity contribution is -0.137. The van der Waals surface area contributed by atoms with E-state index in [-0.39, 0.29) is 17.8 Å². The zero-order valence-electron chi connectivity index (χ0n) is 10.5. The number of nitrogens with zero attached hydrogens (tertiary/aromatic N) is 1. The van der Waals surface area contributed by atoms with E-state index in [1.807, 2.05) is 0 Å². The molecule has 1 aromatic rings. The van der Waals surface area contributed by atoms with Crippen molar-refractivity contribution in [1.29, 1.82) is 5.26 Å². The highest BCUT2D eigenvalue weighted by atomic mass is 19.4. The fourth-order valence-corrected chi connectivity index (χ4v) is 1.40. The van der Waals surface area contributed by atoms with Crippen molar-refractivity contribution in [1.82, 2.24) is 0 Å². The van der Waals surface area contributed by atoms with Gasteiger partial charge in [0.25, 0.3) is 0 Å². The van der Waals surface area contributed by atoms with E-state index in [4.69, 9.17) is 10.4 Å². The van der Waals surface area contributed by atoms with Crippen molar-refractivity contribution in [2.24, 2.45) is 0 Å². The third-order valence-electron chi connectivity index (χ3n) is 2.50. The lowest BCUT2D eigenvalue weighted by Crippen LogP contribution is -2.09. The van der Waals surface area contributed by atoms with Crippen LogP contribution in [0.2, 0.25) is 0 Å². The fourth-order valence-electron chi connectivity index (χ4n) is 1.40. The molecule has 0 aromatic heterocycles.